The van der Waals surface area contributed by atoms with Gasteiger partial charge in [-0.2, -0.15) is 0 Å². The molecule has 2 amide bonds. The molecule has 0 aliphatic carbocycles. The van der Waals surface area contributed by atoms with E-state index in [1.807, 2.05) is 0 Å². The van der Waals surface area contributed by atoms with Crippen molar-refractivity contribution < 1.29 is 23.1 Å². The van der Waals surface area contributed by atoms with E-state index >= 15 is 0 Å². The van der Waals surface area contributed by atoms with E-state index in [9.17, 15) is 18.4 Å². The molecule has 1 fully saturated rings. The predicted molar refractivity (Wildman–Crippen MR) is 110 cm³/mol. The van der Waals surface area contributed by atoms with Crippen molar-refractivity contribution in [3.63, 3.8) is 0 Å². The SMILES string of the molecule is CC(COc1ccc(F)cc1F)NC(=O)C1CCCN1C(=O)c1cc(Cl)cc(Cl)c1. The average molecular weight is 457 g/mol. The molecule has 2 aromatic rings. The lowest BCUT2D eigenvalue weighted by atomic mass is 10.1. The van der Waals surface area contributed by atoms with Crippen LogP contribution < -0.4 is 10.1 Å². The van der Waals surface area contributed by atoms with Crippen LogP contribution in [0, 0.1) is 11.6 Å². The maximum Gasteiger partial charge on any atom is 0.254 e. The van der Waals surface area contributed by atoms with Gasteiger partial charge in [0, 0.05) is 28.2 Å². The predicted octanol–water partition coefficient (Wildman–Crippen LogP) is 4.46. The van der Waals surface area contributed by atoms with Crippen molar-refractivity contribution in [1.82, 2.24) is 10.2 Å². The summed E-state index contributed by atoms with van der Waals surface area (Å²) in [5.41, 5.74) is 0.315. The standard InChI is InChI=1S/C21H20Cl2F2N2O3/c1-12(11-30-19-5-4-16(24)10-17(19)25)26-20(28)18-3-2-6-27(18)21(29)13-7-14(22)9-15(23)8-13/h4-5,7-10,12,18H,2-3,6,11H2,1H3,(H,26,28). The molecule has 2 unspecified atom stereocenters. The van der Waals surface area contributed by atoms with Crippen LogP contribution in [0.25, 0.3) is 0 Å². The van der Waals surface area contributed by atoms with Gasteiger partial charge in [-0.05, 0) is 50.1 Å². The van der Waals surface area contributed by atoms with Gasteiger partial charge in [0.05, 0.1) is 6.04 Å². The highest BCUT2D eigenvalue weighted by molar-refractivity contribution is 6.35. The van der Waals surface area contributed by atoms with E-state index < -0.39 is 23.7 Å². The Kier molecular flexibility index (Phi) is 7.15. The number of hydrogen-bond acceptors (Lipinski definition) is 3. The molecule has 30 heavy (non-hydrogen) atoms. The first-order chi connectivity index (χ1) is 14.2. The number of carbonyl (C=O) groups excluding carboxylic acids is 2. The number of amides is 2. The number of rotatable bonds is 6. The zero-order valence-electron chi connectivity index (χ0n) is 16.1. The second kappa shape index (κ2) is 9.62. The summed E-state index contributed by atoms with van der Waals surface area (Å²) in [5.74, 6) is -2.28. The molecule has 2 aromatic carbocycles. The van der Waals surface area contributed by atoms with Crippen LogP contribution in [-0.2, 0) is 4.79 Å². The van der Waals surface area contributed by atoms with Crippen LogP contribution in [0.2, 0.25) is 10.0 Å². The minimum atomic E-state index is -0.818. The van der Waals surface area contributed by atoms with Crippen molar-refractivity contribution in [2.45, 2.75) is 31.8 Å². The normalized spacial score (nSPS) is 17.0. The second-order valence-corrected chi connectivity index (χ2v) is 7.98. The van der Waals surface area contributed by atoms with Crippen LogP contribution in [0.3, 0.4) is 0 Å². The van der Waals surface area contributed by atoms with Gasteiger partial charge < -0.3 is 15.0 Å². The molecule has 0 aromatic heterocycles. The number of ether oxygens (including phenoxy) is 1. The number of halogens is 4. The Morgan fingerprint density at radius 3 is 2.57 bits per heavy atom. The summed E-state index contributed by atoms with van der Waals surface area (Å²) in [6.07, 6.45) is 1.20. The Hall–Kier alpha value is -2.38. The van der Waals surface area contributed by atoms with Crippen LogP contribution in [-0.4, -0.2) is 41.9 Å². The summed E-state index contributed by atoms with van der Waals surface area (Å²) in [4.78, 5) is 27.1. The van der Waals surface area contributed by atoms with Crippen LogP contribution >= 0.6 is 23.2 Å². The molecule has 5 nitrogen and oxygen atoms in total. The molecule has 0 saturated carbocycles. The first-order valence-corrected chi connectivity index (χ1v) is 10.2. The summed E-state index contributed by atoms with van der Waals surface area (Å²) in [7, 11) is 0. The van der Waals surface area contributed by atoms with E-state index in [0.717, 1.165) is 12.1 Å². The third-order valence-corrected chi connectivity index (χ3v) is 5.13. The summed E-state index contributed by atoms with van der Waals surface area (Å²) in [5, 5.41) is 3.45. The summed E-state index contributed by atoms with van der Waals surface area (Å²) in [6.45, 7) is 2.11. The number of hydrogen-bond donors (Lipinski definition) is 1. The molecule has 3 rings (SSSR count). The van der Waals surface area contributed by atoms with Crippen LogP contribution in [0.15, 0.2) is 36.4 Å². The number of nitrogens with zero attached hydrogens (tertiary/aromatic N) is 1. The van der Waals surface area contributed by atoms with Crippen molar-refractivity contribution in [2.24, 2.45) is 0 Å². The Bertz CT molecular complexity index is 938. The molecule has 0 bridgehead atoms. The third-order valence-electron chi connectivity index (χ3n) is 4.70. The summed E-state index contributed by atoms with van der Waals surface area (Å²) >= 11 is 12.0. The molecule has 1 aliphatic rings. The maximum atomic E-state index is 13.7. The number of benzene rings is 2. The van der Waals surface area contributed by atoms with Crippen molar-refractivity contribution >= 4 is 35.0 Å². The van der Waals surface area contributed by atoms with Gasteiger partial charge in [0.25, 0.3) is 5.91 Å². The third kappa shape index (κ3) is 5.40. The van der Waals surface area contributed by atoms with Crippen LogP contribution in [0.4, 0.5) is 8.78 Å². The average Bonchev–Trinajstić information content (AvgIpc) is 3.16. The first-order valence-electron chi connectivity index (χ1n) is 9.40. The first kappa shape index (κ1) is 22.3. The second-order valence-electron chi connectivity index (χ2n) is 7.11. The molecule has 1 N–H and O–H groups in total. The molecule has 2 atom stereocenters. The molecule has 160 valence electrons. The number of nitrogens with one attached hydrogen (secondary N) is 1. The molecule has 1 aliphatic heterocycles. The Balaban J connectivity index is 1.60. The van der Waals surface area contributed by atoms with Gasteiger partial charge in [0.15, 0.2) is 11.6 Å². The van der Waals surface area contributed by atoms with E-state index in [1.165, 1.54) is 29.2 Å². The lowest BCUT2D eigenvalue weighted by Crippen LogP contribution is -2.49. The van der Waals surface area contributed by atoms with E-state index in [4.69, 9.17) is 27.9 Å². The van der Waals surface area contributed by atoms with Gasteiger partial charge in [-0.1, -0.05) is 23.2 Å². The zero-order valence-corrected chi connectivity index (χ0v) is 17.6. The highest BCUT2D eigenvalue weighted by Gasteiger charge is 2.35. The van der Waals surface area contributed by atoms with E-state index in [-0.39, 0.29) is 24.2 Å². The quantitative estimate of drug-likeness (QED) is 0.697. The van der Waals surface area contributed by atoms with Crippen molar-refractivity contribution in [2.75, 3.05) is 13.2 Å². The fraction of sp³-hybridized carbons (Fsp3) is 0.333. The fourth-order valence-corrected chi connectivity index (χ4v) is 3.84. The number of carbonyl (C=O) groups is 2. The van der Waals surface area contributed by atoms with Crippen LogP contribution in [0.1, 0.15) is 30.1 Å². The number of likely N-dealkylation sites (tertiary alicyclic amines) is 1. The molecule has 1 heterocycles. The monoisotopic (exact) mass is 456 g/mol. The Morgan fingerprint density at radius 1 is 1.20 bits per heavy atom. The topological polar surface area (TPSA) is 58.6 Å². The smallest absolute Gasteiger partial charge is 0.254 e. The van der Waals surface area contributed by atoms with Gasteiger partial charge in [0.1, 0.15) is 18.5 Å². The Morgan fingerprint density at radius 2 is 1.90 bits per heavy atom. The van der Waals surface area contributed by atoms with Gasteiger partial charge >= 0.3 is 0 Å². The molecular formula is C21H20Cl2F2N2O3. The van der Waals surface area contributed by atoms with Crippen molar-refractivity contribution in [1.29, 1.82) is 0 Å². The lowest BCUT2D eigenvalue weighted by Gasteiger charge is -2.26. The van der Waals surface area contributed by atoms with Gasteiger partial charge in [0.2, 0.25) is 5.91 Å². The van der Waals surface area contributed by atoms with Gasteiger partial charge in [-0.25, -0.2) is 8.78 Å². The Labute approximate surface area is 182 Å². The lowest BCUT2D eigenvalue weighted by molar-refractivity contribution is -0.125. The van der Waals surface area contributed by atoms with E-state index in [0.29, 0.717) is 35.0 Å². The minimum Gasteiger partial charge on any atom is -0.488 e. The summed E-state index contributed by atoms with van der Waals surface area (Å²) in [6, 6.07) is 6.45. The highest BCUT2D eigenvalue weighted by atomic mass is 35.5. The van der Waals surface area contributed by atoms with Gasteiger partial charge in [-0.15, -0.1) is 0 Å². The zero-order chi connectivity index (χ0) is 21.8. The van der Waals surface area contributed by atoms with Gasteiger partial charge in [-0.3, -0.25) is 9.59 Å². The summed E-state index contributed by atoms with van der Waals surface area (Å²) < 4.78 is 31.9. The van der Waals surface area contributed by atoms with Crippen molar-refractivity contribution in [3.05, 3.63) is 63.6 Å². The van der Waals surface area contributed by atoms with E-state index in [1.54, 1.807) is 6.92 Å². The molecular weight excluding hydrogens is 437 g/mol. The molecule has 0 spiro atoms. The highest BCUT2D eigenvalue weighted by Crippen LogP contribution is 2.25. The van der Waals surface area contributed by atoms with Crippen LogP contribution in [0.5, 0.6) is 5.75 Å². The van der Waals surface area contributed by atoms with Crippen molar-refractivity contribution in [3.8, 4) is 5.75 Å². The molecule has 1 saturated heterocycles. The maximum absolute atomic E-state index is 13.7. The fourth-order valence-electron chi connectivity index (χ4n) is 3.31. The minimum absolute atomic E-state index is 0.0150. The largest absolute Gasteiger partial charge is 0.488 e. The van der Waals surface area contributed by atoms with E-state index in [2.05, 4.69) is 5.32 Å². The molecule has 0 radical (unpaired) electrons. The molecule has 9 heteroatoms.